The van der Waals surface area contributed by atoms with Crippen LogP contribution in [0.5, 0.6) is 0 Å². The fraction of sp³-hybridized carbons (Fsp3) is 0.227. The number of rotatable bonds is 4. The lowest BCUT2D eigenvalue weighted by Gasteiger charge is -2.14. The van der Waals surface area contributed by atoms with E-state index < -0.39 is 11.6 Å². The number of halogens is 2. The molecule has 0 bridgehead atoms. The molecule has 3 heterocycles. The molecule has 0 saturated carbocycles. The van der Waals surface area contributed by atoms with Crippen molar-refractivity contribution in [3.8, 4) is 11.4 Å². The van der Waals surface area contributed by atoms with Crippen LogP contribution in [0.2, 0.25) is 0 Å². The van der Waals surface area contributed by atoms with Crippen molar-refractivity contribution in [1.82, 2.24) is 20.6 Å². The summed E-state index contributed by atoms with van der Waals surface area (Å²) in [4.78, 5) is 20.7. The van der Waals surface area contributed by atoms with E-state index in [2.05, 4.69) is 25.9 Å². The van der Waals surface area contributed by atoms with Crippen molar-refractivity contribution in [3.63, 3.8) is 0 Å². The second-order valence-corrected chi connectivity index (χ2v) is 7.40. The van der Waals surface area contributed by atoms with Crippen LogP contribution in [0.15, 0.2) is 42.5 Å². The first kappa shape index (κ1) is 18.6. The summed E-state index contributed by atoms with van der Waals surface area (Å²) in [6.07, 6.45) is 0.786. The molecule has 1 unspecified atom stereocenters. The summed E-state index contributed by atoms with van der Waals surface area (Å²) in [6.45, 7) is 1.77. The van der Waals surface area contributed by atoms with Gasteiger partial charge in [-0.25, -0.2) is 18.7 Å². The molecule has 1 fully saturated rings. The maximum atomic E-state index is 14.3. The molecular weight excluding hydrogens is 388 g/mol. The van der Waals surface area contributed by atoms with E-state index in [0.29, 0.717) is 31.1 Å². The lowest BCUT2D eigenvalue weighted by atomic mass is 9.97. The maximum absolute atomic E-state index is 14.3. The molecule has 6 nitrogen and oxygen atoms in total. The molecule has 0 spiro atoms. The van der Waals surface area contributed by atoms with E-state index in [-0.39, 0.29) is 23.2 Å². The monoisotopic (exact) mass is 407 g/mol. The van der Waals surface area contributed by atoms with Gasteiger partial charge in [0.15, 0.2) is 5.82 Å². The van der Waals surface area contributed by atoms with Gasteiger partial charge < -0.3 is 16.0 Å². The van der Waals surface area contributed by atoms with Crippen LogP contribution in [0.3, 0.4) is 0 Å². The molecule has 2 aliphatic rings. The van der Waals surface area contributed by atoms with Gasteiger partial charge in [0, 0.05) is 30.9 Å². The minimum atomic E-state index is -0.703. The topological polar surface area (TPSA) is 78.9 Å². The van der Waals surface area contributed by atoms with E-state index in [1.54, 1.807) is 0 Å². The summed E-state index contributed by atoms with van der Waals surface area (Å²) in [7, 11) is 0. The smallest absolute Gasteiger partial charge is 0.227 e. The van der Waals surface area contributed by atoms with E-state index >= 15 is 0 Å². The van der Waals surface area contributed by atoms with Gasteiger partial charge in [0.25, 0.3) is 0 Å². The van der Waals surface area contributed by atoms with Crippen LogP contribution in [0, 0.1) is 11.6 Å². The Kier molecular flexibility index (Phi) is 4.63. The number of nitrogens with one attached hydrogen (secondary N) is 3. The Labute approximate surface area is 171 Å². The Hall–Kier alpha value is -3.39. The fourth-order valence-electron chi connectivity index (χ4n) is 3.94. The second-order valence-electron chi connectivity index (χ2n) is 7.40. The molecule has 3 aromatic rings. The van der Waals surface area contributed by atoms with Gasteiger partial charge >= 0.3 is 0 Å². The number of carbonyl (C=O) groups excluding carboxylic acids is 1. The first-order chi connectivity index (χ1) is 14.6. The zero-order valence-corrected chi connectivity index (χ0v) is 16.0. The van der Waals surface area contributed by atoms with E-state index in [1.807, 2.05) is 24.3 Å². The fourth-order valence-corrected chi connectivity index (χ4v) is 3.94. The zero-order chi connectivity index (χ0) is 20.7. The highest BCUT2D eigenvalue weighted by Crippen LogP contribution is 2.31. The Balaban J connectivity index is 1.49. The average molecular weight is 407 g/mol. The number of amides is 1. The summed E-state index contributed by atoms with van der Waals surface area (Å²) >= 11 is 0. The molecule has 3 N–H and O–H groups in total. The Morgan fingerprint density at radius 2 is 1.77 bits per heavy atom. The summed E-state index contributed by atoms with van der Waals surface area (Å²) in [6, 6.07) is 11.3. The summed E-state index contributed by atoms with van der Waals surface area (Å²) < 4.78 is 28.6. The predicted molar refractivity (Wildman–Crippen MR) is 108 cm³/mol. The number of hydrogen-bond donors (Lipinski definition) is 3. The molecule has 1 aromatic heterocycles. The van der Waals surface area contributed by atoms with E-state index in [1.165, 1.54) is 18.2 Å². The predicted octanol–water partition coefficient (Wildman–Crippen LogP) is 3.37. The number of benzene rings is 2. The van der Waals surface area contributed by atoms with Crippen molar-refractivity contribution in [2.45, 2.75) is 25.4 Å². The van der Waals surface area contributed by atoms with Crippen molar-refractivity contribution < 1.29 is 13.6 Å². The Bertz CT molecular complexity index is 1110. The lowest BCUT2D eigenvalue weighted by molar-refractivity contribution is -0.120. The van der Waals surface area contributed by atoms with Crippen LogP contribution in [0.25, 0.3) is 11.4 Å². The van der Waals surface area contributed by atoms with Crippen molar-refractivity contribution in [2.24, 2.45) is 0 Å². The van der Waals surface area contributed by atoms with Crippen LogP contribution < -0.4 is 16.0 Å². The van der Waals surface area contributed by atoms with Crippen LogP contribution in [-0.4, -0.2) is 22.4 Å². The molecule has 1 atom stereocenters. The number of anilines is 2. The van der Waals surface area contributed by atoms with Gasteiger partial charge in [-0.15, -0.1) is 0 Å². The van der Waals surface area contributed by atoms with Crippen molar-refractivity contribution in [1.29, 1.82) is 0 Å². The molecule has 0 aliphatic carbocycles. The quantitative estimate of drug-likeness (QED) is 0.618. The van der Waals surface area contributed by atoms with E-state index in [0.717, 1.165) is 23.2 Å². The number of nitrogens with zero attached hydrogens (tertiary/aromatic N) is 2. The highest BCUT2D eigenvalue weighted by atomic mass is 19.1. The molecule has 2 aliphatic heterocycles. The third kappa shape index (κ3) is 3.29. The standard InChI is InChI=1S/C22H19F2N5O/c23-16-2-1-3-17(24)19(16)21-28-18-11-25-10-15(18)20(29-21)27-13-6-4-12(5-7-13)14-8-9-26-22(14)30/h1-7,14,25H,8-11H2,(H,26,30)(H,27,28,29). The van der Waals surface area contributed by atoms with Gasteiger partial charge in [-0.3, -0.25) is 4.79 Å². The zero-order valence-electron chi connectivity index (χ0n) is 16.0. The summed E-state index contributed by atoms with van der Waals surface area (Å²) in [5.74, 6) is -0.963. The second kappa shape index (κ2) is 7.46. The van der Waals surface area contributed by atoms with Gasteiger partial charge in [0.2, 0.25) is 5.91 Å². The number of fused-ring (bicyclic) bond motifs is 1. The van der Waals surface area contributed by atoms with Crippen molar-refractivity contribution in [2.75, 3.05) is 11.9 Å². The average Bonchev–Trinajstić information content (AvgIpc) is 3.37. The third-order valence-corrected chi connectivity index (χ3v) is 5.50. The molecule has 1 saturated heterocycles. The molecule has 0 radical (unpaired) electrons. The minimum Gasteiger partial charge on any atom is -0.356 e. The minimum absolute atomic E-state index is 0.00907. The van der Waals surface area contributed by atoms with Gasteiger partial charge in [0.05, 0.1) is 17.2 Å². The first-order valence-electron chi connectivity index (χ1n) is 9.80. The van der Waals surface area contributed by atoms with Crippen LogP contribution in [-0.2, 0) is 17.9 Å². The molecule has 152 valence electrons. The summed E-state index contributed by atoms with van der Waals surface area (Å²) in [5, 5.41) is 9.29. The summed E-state index contributed by atoms with van der Waals surface area (Å²) in [5.41, 5.74) is 3.07. The molecule has 2 aromatic carbocycles. The molecule has 8 heteroatoms. The SMILES string of the molecule is O=C1NCCC1c1ccc(Nc2nc(-c3c(F)cccc3F)nc3c2CNC3)cc1. The molecular formula is C22H19F2N5O. The lowest BCUT2D eigenvalue weighted by Crippen LogP contribution is -2.17. The maximum Gasteiger partial charge on any atom is 0.227 e. The number of aromatic nitrogens is 2. The first-order valence-corrected chi connectivity index (χ1v) is 9.80. The number of carbonyl (C=O) groups is 1. The Morgan fingerprint density at radius 1 is 1.00 bits per heavy atom. The third-order valence-electron chi connectivity index (χ3n) is 5.50. The van der Waals surface area contributed by atoms with Gasteiger partial charge in [-0.1, -0.05) is 18.2 Å². The normalized spacial score (nSPS) is 17.7. The molecule has 30 heavy (non-hydrogen) atoms. The largest absolute Gasteiger partial charge is 0.356 e. The van der Waals surface area contributed by atoms with Gasteiger partial charge in [-0.05, 0) is 36.2 Å². The van der Waals surface area contributed by atoms with E-state index in [4.69, 9.17) is 0 Å². The van der Waals surface area contributed by atoms with Crippen molar-refractivity contribution >= 4 is 17.4 Å². The molecule has 1 amide bonds. The molecule has 5 rings (SSSR count). The van der Waals surface area contributed by atoms with Crippen LogP contribution in [0.4, 0.5) is 20.3 Å². The van der Waals surface area contributed by atoms with Gasteiger partial charge in [0.1, 0.15) is 17.5 Å². The van der Waals surface area contributed by atoms with Gasteiger partial charge in [-0.2, -0.15) is 0 Å². The highest BCUT2D eigenvalue weighted by molar-refractivity contribution is 5.85. The van der Waals surface area contributed by atoms with E-state index in [9.17, 15) is 13.6 Å². The highest BCUT2D eigenvalue weighted by Gasteiger charge is 2.26. The van der Waals surface area contributed by atoms with Crippen LogP contribution >= 0.6 is 0 Å². The van der Waals surface area contributed by atoms with Crippen LogP contribution in [0.1, 0.15) is 29.2 Å². The number of hydrogen-bond acceptors (Lipinski definition) is 5. The Morgan fingerprint density at radius 3 is 2.47 bits per heavy atom. The van der Waals surface area contributed by atoms with Crippen molar-refractivity contribution in [3.05, 3.63) is 70.9 Å².